The van der Waals surface area contributed by atoms with Crippen LogP contribution in [-0.4, -0.2) is 0 Å². The van der Waals surface area contributed by atoms with E-state index in [9.17, 15) is 0 Å². The van der Waals surface area contributed by atoms with E-state index >= 15 is 0 Å². The summed E-state index contributed by atoms with van der Waals surface area (Å²) < 4.78 is 0. The molecule has 0 unspecified atom stereocenters. The summed E-state index contributed by atoms with van der Waals surface area (Å²) >= 11 is 0. The van der Waals surface area contributed by atoms with Crippen LogP contribution in [0.15, 0.2) is 54.6 Å². The van der Waals surface area contributed by atoms with E-state index in [2.05, 4.69) is 67.6 Å². The molecule has 2 aromatic carbocycles. The number of rotatable bonds is 5. The summed E-state index contributed by atoms with van der Waals surface area (Å²) in [6, 6.07) is 19.2. The Labute approximate surface area is 110 Å². The van der Waals surface area contributed by atoms with Crippen LogP contribution in [0.5, 0.6) is 0 Å². The van der Waals surface area contributed by atoms with Gasteiger partial charge in [0.1, 0.15) is 0 Å². The molecule has 92 valence electrons. The Balaban J connectivity index is 2.07. The van der Waals surface area contributed by atoms with E-state index in [1.807, 2.05) is 6.07 Å². The summed E-state index contributed by atoms with van der Waals surface area (Å²) in [5, 5.41) is 0. The molecule has 0 N–H and O–H groups in total. The molecule has 0 atom stereocenters. The average molecular weight is 236 g/mol. The predicted molar refractivity (Wildman–Crippen MR) is 80.4 cm³/mol. The van der Waals surface area contributed by atoms with Gasteiger partial charge in [0.2, 0.25) is 0 Å². The highest BCUT2D eigenvalue weighted by Gasteiger charge is 1.93. The Morgan fingerprint density at radius 1 is 0.833 bits per heavy atom. The lowest BCUT2D eigenvalue weighted by Gasteiger charge is -2.01. The fraction of sp³-hybridized carbons (Fsp3) is 0.222. The molecule has 0 saturated heterocycles. The summed E-state index contributed by atoms with van der Waals surface area (Å²) in [5.74, 6) is 0. The van der Waals surface area contributed by atoms with Crippen LogP contribution >= 0.6 is 0 Å². The fourth-order valence-electron chi connectivity index (χ4n) is 1.99. The molecule has 0 aromatic heterocycles. The highest BCUT2D eigenvalue weighted by Crippen LogP contribution is 2.12. The number of hydrogen-bond acceptors (Lipinski definition) is 0. The first-order valence-electron chi connectivity index (χ1n) is 6.70. The van der Waals surface area contributed by atoms with Crippen LogP contribution in [0.25, 0.3) is 12.2 Å². The van der Waals surface area contributed by atoms with Gasteiger partial charge in [0.15, 0.2) is 0 Å². The Bertz CT molecular complexity index is 494. The van der Waals surface area contributed by atoms with E-state index < -0.39 is 0 Å². The molecular weight excluding hydrogens is 216 g/mol. The minimum absolute atomic E-state index is 1.18. The summed E-state index contributed by atoms with van der Waals surface area (Å²) in [7, 11) is 0. The third-order valence-electron chi connectivity index (χ3n) is 3.04. The molecular formula is C18H20. The Kier molecular flexibility index (Phi) is 4.78. The van der Waals surface area contributed by atoms with Crippen molar-refractivity contribution in [1.82, 2.24) is 0 Å². The lowest BCUT2D eigenvalue weighted by molar-refractivity contribution is 0.795. The summed E-state index contributed by atoms with van der Waals surface area (Å²) in [6.07, 6.45) is 8.06. The Morgan fingerprint density at radius 3 is 2.33 bits per heavy atom. The summed E-state index contributed by atoms with van der Waals surface area (Å²) in [5.41, 5.74) is 3.97. The maximum atomic E-state index is 2.29. The first-order valence-corrected chi connectivity index (χ1v) is 6.70. The zero-order valence-electron chi connectivity index (χ0n) is 11.0. The molecule has 0 aliphatic rings. The van der Waals surface area contributed by atoms with Crippen molar-refractivity contribution in [2.24, 2.45) is 0 Å². The van der Waals surface area contributed by atoms with Gasteiger partial charge in [-0.3, -0.25) is 0 Å². The van der Waals surface area contributed by atoms with Crippen molar-refractivity contribution < 1.29 is 0 Å². The molecule has 0 amide bonds. The van der Waals surface area contributed by atoms with Gasteiger partial charge >= 0.3 is 0 Å². The van der Waals surface area contributed by atoms with Crippen molar-refractivity contribution in [3.63, 3.8) is 0 Å². The third kappa shape index (κ3) is 3.89. The SMILES string of the molecule is CCCCc1cccc(/C=C/c2ccccc2)c1. The molecule has 0 aliphatic heterocycles. The van der Waals surface area contributed by atoms with Crippen molar-refractivity contribution in [1.29, 1.82) is 0 Å². The molecule has 0 fully saturated rings. The molecule has 0 heteroatoms. The van der Waals surface area contributed by atoms with E-state index in [0.29, 0.717) is 0 Å². The lowest BCUT2D eigenvalue weighted by Crippen LogP contribution is -1.84. The monoisotopic (exact) mass is 236 g/mol. The largest absolute Gasteiger partial charge is 0.0654 e. The molecule has 0 saturated carbocycles. The van der Waals surface area contributed by atoms with Crippen LogP contribution in [-0.2, 0) is 6.42 Å². The second-order valence-corrected chi connectivity index (χ2v) is 4.59. The van der Waals surface area contributed by atoms with Crippen LogP contribution in [0.3, 0.4) is 0 Å². The molecule has 0 heterocycles. The Morgan fingerprint density at radius 2 is 1.56 bits per heavy atom. The quantitative estimate of drug-likeness (QED) is 0.626. The smallest absolute Gasteiger partial charge is 0.0254 e. The highest BCUT2D eigenvalue weighted by molar-refractivity contribution is 5.69. The van der Waals surface area contributed by atoms with E-state index in [4.69, 9.17) is 0 Å². The van der Waals surface area contributed by atoms with E-state index in [-0.39, 0.29) is 0 Å². The first kappa shape index (κ1) is 12.6. The molecule has 0 radical (unpaired) electrons. The van der Waals surface area contributed by atoms with E-state index in [0.717, 1.165) is 0 Å². The Hall–Kier alpha value is -1.82. The zero-order valence-corrected chi connectivity index (χ0v) is 11.0. The molecule has 0 nitrogen and oxygen atoms in total. The summed E-state index contributed by atoms with van der Waals surface area (Å²) in [6.45, 7) is 2.24. The normalized spacial score (nSPS) is 10.9. The van der Waals surface area contributed by atoms with Crippen molar-refractivity contribution in [2.75, 3.05) is 0 Å². The topological polar surface area (TPSA) is 0 Å². The maximum Gasteiger partial charge on any atom is -0.0254 e. The second-order valence-electron chi connectivity index (χ2n) is 4.59. The maximum absolute atomic E-state index is 2.29. The molecule has 2 rings (SSSR count). The fourth-order valence-corrected chi connectivity index (χ4v) is 1.99. The van der Waals surface area contributed by atoms with Gasteiger partial charge in [-0.2, -0.15) is 0 Å². The van der Waals surface area contributed by atoms with Crippen LogP contribution in [0.2, 0.25) is 0 Å². The van der Waals surface area contributed by atoms with Crippen LogP contribution in [0.1, 0.15) is 36.5 Å². The lowest BCUT2D eigenvalue weighted by atomic mass is 10.0. The van der Waals surface area contributed by atoms with Gasteiger partial charge in [-0.15, -0.1) is 0 Å². The van der Waals surface area contributed by atoms with Gasteiger partial charge in [0, 0.05) is 0 Å². The van der Waals surface area contributed by atoms with Crippen LogP contribution in [0, 0.1) is 0 Å². The minimum atomic E-state index is 1.18. The van der Waals surface area contributed by atoms with Crippen LogP contribution < -0.4 is 0 Å². The molecule has 2 aromatic rings. The van der Waals surface area contributed by atoms with Crippen LogP contribution in [0.4, 0.5) is 0 Å². The molecule has 0 spiro atoms. The van der Waals surface area contributed by atoms with E-state index in [1.54, 1.807) is 0 Å². The van der Waals surface area contributed by atoms with Gasteiger partial charge in [-0.05, 0) is 29.5 Å². The van der Waals surface area contributed by atoms with Crippen molar-refractivity contribution >= 4 is 12.2 Å². The number of unbranched alkanes of at least 4 members (excludes halogenated alkanes) is 1. The van der Waals surface area contributed by atoms with Gasteiger partial charge < -0.3 is 0 Å². The second kappa shape index (κ2) is 6.80. The van der Waals surface area contributed by atoms with Gasteiger partial charge in [0.05, 0.1) is 0 Å². The van der Waals surface area contributed by atoms with E-state index in [1.165, 1.54) is 36.0 Å². The molecule has 0 aliphatic carbocycles. The standard InChI is InChI=1S/C18H20/c1-2-3-8-17-11-7-12-18(15-17)14-13-16-9-5-4-6-10-16/h4-7,9-15H,2-3,8H2,1H3/b14-13+. The van der Waals surface area contributed by atoms with Crippen molar-refractivity contribution in [3.05, 3.63) is 71.3 Å². The molecule has 0 bridgehead atoms. The summed E-state index contributed by atoms with van der Waals surface area (Å²) in [4.78, 5) is 0. The van der Waals surface area contributed by atoms with Gasteiger partial charge in [0.25, 0.3) is 0 Å². The molecule has 18 heavy (non-hydrogen) atoms. The third-order valence-corrected chi connectivity index (χ3v) is 3.04. The van der Waals surface area contributed by atoms with Gasteiger partial charge in [-0.1, -0.05) is 80.1 Å². The number of hydrogen-bond donors (Lipinski definition) is 0. The highest BCUT2D eigenvalue weighted by atomic mass is 14.0. The average Bonchev–Trinajstić information content (AvgIpc) is 2.44. The first-order chi connectivity index (χ1) is 8.88. The van der Waals surface area contributed by atoms with Crippen molar-refractivity contribution in [3.8, 4) is 0 Å². The number of aryl methyl sites for hydroxylation is 1. The number of benzene rings is 2. The zero-order chi connectivity index (χ0) is 12.6. The van der Waals surface area contributed by atoms with Gasteiger partial charge in [-0.25, -0.2) is 0 Å². The van der Waals surface area contributed by atoms with Crippen molar-refractivity contribution in [2.45, 2.75) is 26.2 Å². The minimum Gasteiger partial charge on any atom is -0.0654 e. The predicted octanol–water partition coefficient (Wildman–Crippen LogP) is 5.20.